The van der Waals surface area contributed by atoms with Gasteiger partial charge in [0.2, 0.25) is 5.91 Å². The highest BCUT2D eigenvalue weighted by molar-refractivity contribution is 6.07. The van der Waals surface area contributed by atoms with E-state index in [1.54, 1.807) is 7.11 Å². The molecule has 4 rings (SSSR count). The maximum Gasteiger partial charge on any atom is 0.228 e. The van der Waals surface area contributed by atoms with Crippen molar-refractivity contribution in [1.82, 2.24) is 5.32 Å². The molecule has 0 saturated carbocycles. The van der Waals surface area contributed by atoms with Crippen molar-refractivity contribution in [2.75, 3.05) is 25.5 Å². The number of para-hydroxylation sites is 1. The number of hydrogen-bond acceptors (Lipinski definition) is 4. The van der Waals surface area contributed by atoms with E-state index < -0.39 is 0 Å². The number of carbonyl (C=O) groups excluding carboxylic acids is 1. The average Bonchev–Trinajstić information content (AvgIpc) is 3.21. The second-order valence-electron chi connectivity index (χ2n) is 5.83. The van der Waals surface area contributed by atoms with Crippen molar-refractivity contribution in [1.29, 1.82) is 0 Å². The minimum absolute atomic E-state index is 0. The number of anilines is 1. The van der Waals surface area contributed by atoms with E-state index in [1.165, 1.54) is 0 Å². The number of furan rings is 1. The van der Waals surface area contributed by atoms with Crippen molar-refractivity contribution < 1.29 is 13.9 Å². The molecular weight excluding hydrogens is 328 g/mol. The zero-order chi connectivity index (χ0) is 15.8. The minimum Gasteiger partial charge on any atom is -0.495 e. The maximum atomic E-state index is 12.4. The molecule has 3 aromatic rings. The van der Waals surface area contributed by atoms with Crippen molar-refractivity contribution in [2.24, 2.45) is 5.92 Å². The molecule has 24 heavy (non-hydrogen) atoms. The van der Waals surface area contributed by atoms with Gasteiger partial charge in [0.1, 0.15) is 16.9 Å². The van der Waals surface area contributed by atoms with Crippen LogP contribution in [0, 0.1) is 5.92 Å². The van der Waals surface area contributed by atoms with Crippen LogP contribution in [0.4, 0.5) is 5.69 Å². The number of halogens is 1. The first-order chi connectivity index (χ1) is 11.3. The summed E-state index contributed by atoms with van der Waals surface area (Å²) in [6.07, 6.45) is 0.862. The summed E-state index contributed by atoms with van der Waals surface area (Å²) in [5.74, 6) is 0.665. The molecule has 1 amide bonds. The lowest BCUT2D eigenvalue weighted by molar-refractivity contribution is -0.119. The number of rotatable bonds is 3. The van der Waals surface area contributed by atoms with Crippen LogP contribution in [0.1, 0.15) is 6.42 Å². The summed E-state index contributed by atoms with van der Waals surface area (Å²) in [6, 6.07) is 11.6. The standard InChI is InChI=1S/C18H18N2O3.ClH/c1-22-17-8-13-12-4-2-3-5-15(12)23-16(13)9-14(17)20-18(21)11-6-7-19-10-11;/h2-5,8-9,11,19H,6-7,10H2,1H3,(H,20,21);1H. The Morgan fingerprint density at radius 2 is 2.08 bits per heavy atom. The van der Waals surface area contributed by atoms with Crippen LogP contribution in [0.5, 0.6) is 5.75 Å². The van der Waals surface area contributed by atoms with Crippen LogP contribution in [0.15, 0.2) is 40.8 Å². The zero-order valence-corrected chi connectivity index (χ0v) is 14.1. The van der Waals surface area contributed by atoms with Gasteiger partial charge in [-0.3, -0.25) is 4.79 Å². The highest BCUT2D eigenvalue weighted by atomic mass is 35.5. The molecule has 5 nitrogen and oxygen atoms in total. The van der Waals surface area contributed by atoms with E-state index >= 15 is 0 Å². The molecule has 0 spiro atoms. The van der Waals surface area contributed by atoms with E-state index in [1.807, 2.05) is 36.4 Å². The lowest BCUT2D eigenvalue weighted by Gasteiger charge is -2.13. The molecule has 0 aliphatic carbocycles. The number of carbonyl (C=O) groups is 1. The predicted octanol–water partition coefficient (Wildman–Crippen LogP) is 3.56. The van der Waals surface area contributed by atoms with Gasteiger partial charge < -0.3 is 19.8 Å². The third-order valence-electron chi connectivity index (χ3n) is 4.39. The molecule has 1 unspecified atom stereocenters. The third kappa shape index (κ3) is 2.81. The van der Waals surface area contributed by atoms with Gasteiger partial charge in [-0.2, -0.15) is 0 Å². The molecule has 2 heterocycles. The number of ether oxygens (including phenoxy) is 1. The highest BCUT2D eigenvalue weighted by Gasteiger charge is 2.23. The summed E-state index contributed by atoms with van der Waals surface area (Å²) in [5.41, 5.74) is 2.22. The maximum absolute atomic E-state index is 12.4. The third-order valence-corrected chi connectivity index (χ3v) is 4.39. The Morgan fingerprint density at radius 3 is 2.83 bits per heavy atom. The molecule has 6 heteroatoms. The SMILES string of the molecule is COc1cc2c(cc1NC(=O)C1CCNC1)oc1ccccc12.Cl. The predicted molar refractivity (Wildman–Crippen MR) is 97.1 cm³/mol. The Balaban J connectivity index is 0.00000169. The smallest absolute Gasteiger partial charge is 0.228 e. The monoisotopic (exact) mass is 346 g/mol. The minimum atomic E-state index is 0. The zero-order valence-electron chi connectivity index (χ0n) is 13.3. The van der Waals surface area contributed by atoms with Gasteiger partial charge >= 0.3 is 0 Å². The fraction of sp³-hybridized carbons (Fsp3) is 0.278. The van der Waals surface area contributed by atoms with Gasteiger partial charge in [-0.15, -0.1) is 12.4 Å². The second-order valence-corrected chi connectivity index (χ2v) is 5.83. The molecule has 1 aliphatic heterocycles. The summed E-state index contributed by atoms with van der Waals surface area (Å²) in [6.45, 7) is 1.61. The van der Waals surface area contributed by atoms with Crippen molar-refractivity contribution in [3.05, 3.63) is 36.4 Å². The molecule has 1 atom stereocenters. The van der Waals surface area contributed by atoms with Crippen LogP contribution in [-0.2, 0) is 4.79 Å². The molecule has 0 bridgehead atoms. The second kappa shape index (κ2) is 6.71. The summed E-state index contributed by atoms with van der Waals surface area (Å²) >= 11 is 0. The lowest BCUT2D eigenvalue weighted by Crippen LogP contribution is -2.24. The quantitative estimate of drug-likeness (QED) is 0.761. The number of fused-ring (bicyclic) bond motifs is 3. The van der Waals surface area contributed by atoms with Crippen molar-refractivity contribution in [3.8, 4) is 5.75 Å². The van der Waals surface area contributed by atoms with Gasteiger partial charge in [-0.1, -0.05) is 18.2 Å². The van der Waals surface area contributed by atoms with Crippen LogP contribution >= 0.6 is 12.4 Å². The summed E-state index contributed by atoms with van der Waals surface area (Å²) in [7, 11) is 1.61. The Kier molecular flexibility index (Phi) is 4.64. The van der Waals surface area contributed by atoms with E-state index in [4.69, 9.17) is 9.15 Å². The van der Waals surface area contributed by atoms with E-state index in [0.717, 1.165) is 41.4 Å². The molecule has 1 aliphatic rings. The molecular formula is C18H19ClN2O3. The molecule has 0 radical (unpaired) electrons. The average molecular weight is 347 g/mol. The van der Waals surface area contributed by atoms with Crippen LogP contribution < -0.4 is 15.4 Å². The topological polar surface area (TPSA) is 63.5 Å². The highest BCUT2D eigenvalue weighted by Crippen LogP contribution is 2.36. The van der Waals surface area contributed by atoms with Crippen molar-refractivity contribution >= 4 is 45.9 Å². The van der Waals surface area contributed by atoms with E-state index in [-0.39, 0.29) is 24.2 Å². The number of benzene rings is 2. The first-order valence-corrected chi connectivity index (χ1v) is 7.77. The number of methoxy groups -OCH3 is 1. The van der Waals surface area contributed by atoms with Crippen LogP contribution in [-0.4, -0.2) is 26.1 Å². The molecule has 1 saturated heterocycles. The fourth-order valence-electron chi connectivity index (χ4n) is 3.13. The summed E-state index contributed by atoms with van der Waals surface area (Å²) in [4.78, 5) is 12.4. The molecule has 1 fully saturated rings. The van der Waals surface area contributed by atoms with Gasteiger partial charge in [0.05, 0.1) is 18.7 Å². The van der Waals surface area contributed by atoms with E-state index in [0.29, 0.717) is 11.4 Å². The Labute approximate surface area is 145 Å². The normalized spacial score (nSPS) is 17.0. The number of hydrogen-bond donors (Lipinski definition) is 2. The Hall–Kier alpha value is -2.24. The number of nitrogens with one attached hydrogen (secondary N) is 2. The van der Waals surface area contributed by atoms with Crippen molar-refractivity contribution in [2.45, 2.75) is 6.42 Å². The first-order valence-electron chi connectivity index (χ1n) is 7.77. The fourth-order valence-corrected chi connectivity index (χ4v) is 3.13. The lowest BCUT2D eigenvalue weighted by atomic mass is 10.1. The summed E-state index contributed by atoms with van der Waals surface area (Å²) < 4.78 is 11.3. The van der Waals surface area contributed by atoms with Gasteiger partial charge in [-0.25, -0.2) is 0 Å². The summed E-state index contributed by atoms with van der Waals surface area (Å²) in [5, 5.41) is 8.21. The van der Waals surface area contributed by atoms with Crippen molar-refractivity contribution in [3.63, 3.8) is 0 Å². The first kappa shape index (κ1) is 16.6. The van der Waals surface area contributed by atoms with Gasteiger partial charge in [0, 0.05) is 23.4 Å². The van der Waals surface area contributed by atoms with Gasteiger partial charge in [-0.05, 0) is 25.1 Å². The van der Waals surface area contributed by atoms with E-state index in [2.05, 4.69) is 10.6 Å². The largest absolute Gasteiger partial charge is 0.495 e. The Bertz CT molecular complexity index is 884. The molecule has 2 aromatic carbocycles. The van der Waals surface area contributed by atoms with Gasteiger partial charge in [0.25, 0.3) is 0 Å². The number of amides is 1. The van der Waals surface area contributed by atoms with E-state index in [9.17, 15) is 4.79 Å². The Morgan fingerprint density at radius 1 is 1.25 bits per heavy atom. The van der Waals surface area contributed by atoms with Crippen LogP contribution in [0.3, 0.4) is 0 Å². The molecule has 126 valence electrons. The molecule has 2 N–H and O–H groups in total. The van der Waals surface area contributed by atoms with Crippen LogP contribution in [0.2, 0.25) is 0 Å². The van der Waals surface area contributed by atoms with Crippen LogP contribution in [0.25, 0.3) is 21.9 Å². The van der Waals surface area contributed by atoms with Gasteiger partial charge in [0.15, 0.2) is 0 Å². The molecule has 1 aromatic heterocycles.